The van der Waals surface area contributed by atoms with Gasteiger partial charge in [0.15, 0.2) is 0 Å². The Kier molecular flexibility index (Phi) is 56.4. The average molecular weight is 1960 g/mol. The van der Waals surface area contributed by atoms with E-state index < -0.39 is 97.6 Å². The summed E-state index contributed by atoms with van der Waals surface area (Å²) in [6, 6.07) is 34.0. The molecule has 4 heterocycles. The Balaban J connectivity index is 0.000000797. The van der Waals surface area contributed by atoms with E-state index in [1.165, 1.54) is 9.80 Å². The summed E-state index contributed by atoms with van der Waals surface area (Å²) in [6.45, 7) is 22.7. The van der Waals surface area contributed by atoms with Crippen LogP contribution in [0.25, 0.3) is 0 Å². The number of hydrogen-bond donors (Lipinski definition) is 1. The maximum Gasteiger partial charge on any atom is 6.00 e. The van der Waals surface area contributed by atoms with Crippen LogP contribution < -0.4 is 80.4 Å². The van der Waals surface area contributed by atoms with E-state index in [1.54, 1.807) is 138 Å². The fourth-order valence-electron chi connectivity index (χ4n) is 13.4. The quantitative estimate of drug-likeness (QED) is 0.0278. The third-order valence-corrected chi connectivity index (χ3v) is 27.8. The van der Waals surface area contributed by atoms with E-state index >= 15 is 0 Å². The summed E-state index contributed by atoms with van der Waals surface area (Å²) in [4.78, 5) is 115. The van der Waals surface area contributed by atoms with Gasteiger partial charge in [0.05, 0.1) is 35.0 Å². The second kappa shape index (κ2) is 57.8. The molecule has 0 bridgehead atoms. The molecule has 4 aromatic rings. The minimum Gasteiger partial charge on any atom is -0.851 e. The van der Waals surface area contributed by atoms with Gasteiger partial charge in [-0.1, -0.05) is 166 Å². The number of benzene rings is 4. The van der Waals surface area contributed by atoms with Crippen LogP contribution in [0.4, 0.5) is 0 Å². The van der Waals surface area contributed by atoms with Gasteiger partial charge in [-0.15, -0.1) is 24.4 Å². The first-order chi connectivity index (χ1) is 53.4. The molecule has 6 unspecified atom stereocenters. The predicted molar refractivity (Wildman–Crippen MR) is 424 cm³/mol. The van der Waals surface area contributed by atoms with Gasteiger partial charge in [-0.25, -0.2) is 0 Å². The largest absolute Gasteiger partial charge is 6.00 e. The Morgan fingerprint density at radius 2 is 0.593 bits per heavy atom. The van der Waals surface area contributed by atoms with E-state index in [0.29, 0.717) is 84.3 Å². The van der Waals surface area contributed by atoms with E-state index in [1.807, 2.05) is 30.3 Å². The molecule has 118 heavy (non-hydrogen) atoms. The molecular formula is C73H119Fe4N12O22P6S+11. The molecule has 4 aliphatic heterocycles. The van der Waals surface area contributed by atoms with E-state index in [-0.39, 0.29) is 161 Å². The van der Waals surface area contributed by atoms with Crippen molar-refractivity contribution >= 4 is 76.3 Å². The first-order valence-corrected chi connectivity index (χ1v) is 51.5. The normalized spacial score (nSPS) is 22.0. The number of nitrogens with zero attached hydrogens (tertiary/aromatic N) is 12. The fraction of sp³-hybridized carbons (Fsp3) is 0.658. The number of hydrogen-bond acceptors (Lipinski definition) is 33. The van der Waals surface area contributed by atoms with E-state index in [0.717, 1.165) is 85.2 Å². The van der Waals surface area contributed by atoms with Crippen LogP contribution in [0.2, 0.25) is 0 Å². The molecule has 11 atom stereocenters. The van der Waals surface area contributed by atoms with Gasteiger partial charge in [-0.2, -0.15) is 0 Å². The van der Waals surface area contributed by atoms with Gasteiger partial charge >= 0.3 is 68.3 Å². The van der Waals surface area contributed by atoms with Crippen molar-refractivity contribution in [3.8, 4) is 5.75 Å². The molecule has 0 amide bonds. The van der Waals surface area contributed by atoms with Crippen LogP contribution in [0.15, 0.2) is 121 Å². The zero-order chi connectivity index (χ0) is 84.3. The van der Waals surface area contributed by atoms with Gasteiger partial charge in [-0.05, 0) is 67.4 Å². The summed E-state index contributed by atoms with van der Waals surface area (Å²) in [5, 5.41) is 59.4. The van der Waals surface area contributed by atoms with Crippen molar-refractivity contribution < 1.29 is 174 Å². The third-order valence-electron chi connectivity index (χ3n) is 19.0. The average Bonchev–Trinajstić information content (AvgIpc) is 1.20. The zero-order valence-electron chi connectivity index (χ0n) is 67.9. The molecule has 4 saturated heterocycles. The molecular weight excluding hydrogens is 1840 g/mol. The molecule has 0 spiro atoms. The van der Waals surface area contributed by atoms with E-state index in [9.17, 15) is 95.9 Å². The van der Waals surface area contributed by atoms with Crippen molar-refractivity contribution in [3.05, 3.63) is 121 Å². The van der Waals surface area contributed by atoms with Crippen molar-refractivity contribution in [3.63, 3.8) is 0 Å². The van der Waals surface area contributed by atoms with Gasteiger partial charge in [0.1, 0.15) is 13.3 Å². The van der Waals surface area contributed by atoms with Gasteiger partial charge < -0.3 is 126 Å². The Bertz CT molecular complexity index is 3480. The van der Waals surface area contributed by atoms with Crippen LogP contribution in [0.1, 0.15) is 27.7 Å². The van der Waals surface area contributed by atoms with Gasteiger partial charge in [0.25, 0.3) is 0 Å². The van der Waals surface area contributed by atoms with Crippen LogP contribution >= 0.6 is 44.7 Å². The number of ether oxygens (including phenoxy) is 1. The molecule has 4 aromatic carbocycles. The summed E-state index contributed by atoms with van der Waals surface area (Å²) >= 11 is 0. The van der Waals surface area contributed by atoms with E-state index in [4.69, 9.17) is 9.63 Å². The molecule has 4 fully saturated rings. The summed E-state index contributed by atoms with van der Waals surface area (Å²) in [5.41, 5.74) is 0. The predicted octanol–water partition coefficient (Wildman–Crippen LogP) is -7.37. The molecule has 0 aromatic heterocycles. The summed E-state index contributed by atoms with van der Waals surface area (Å²) in [5.74, 6) is 3.90. The summed E-state index contributed by atoms with van der Waals surface area (Å²) in [6.07, 6.45) is -5.70. The fourth-order valence-corrected chi connectivity index (χ4v) is 21.3. The molecule has 34 nitrogen and oxygen atoms in total. The zero-order valence-corrected chi connectivity index (χ0v) is 78.5. The van der Waals surface area contributed by atoms with Crippen molar-refractivity contribution in [2.24, 2.45) is 0 Å². The third kappa shape index (κ3) is 51.8. The minimum absolute atomic E-state index is 0. The topological polar surface area (TPSA) is 488 Å². The van der Waals surface area contributed by atoms with Crippen molar-refractivity contribution in [2.45, 2.75) is 58.2 Å². The van der Waals surface area contributed by atoms with Crippen LogP contribution in [-0.2, 0) is 105 Å². The SMILES string of the molecule is C=S(=O)([O-])CCN1CCN(C[C@H](C)[O-])CCN(C[C@H](C)[O-])CC1.CP(=O)([O-])CN1CCN(CP(=O)([O-])[O-])CCN(CP(=O)([O-])O)CC1.C[C@H]([O-])CN1CCN(C[C@@H]([O-])COc2ccccc2)CCN(C[C@H](C)[O-])CC1.O=P([O-])(CN1CCN(CP(=O)([O-])c2ccccc2)CCN(CP(=O)([O-])c2ccccc2)CC1)c1ccccc1.[Fe+6].[Fe+6].[Fe+6].[Fe+6]. The smallest absolute Gasteiger partial charge is 0.851 e. The second-order valence-corrected chi connectivity index (χ2v) is 43.8. The Morgan fingerprint density at radius 3 is 0.839 bits per heavy atom. The van der Waals surface area contributed by atoms with Gasteiger partial charge in [-0.3, -0.25) is 38.5 Å². The van der Waals surface area contributed by atoms with E-state index in [2.05, 4.69) is 35.3 Å². The molecule has 0 radical (unpaired) electrons. The van der Waals surface area contributed by atoms with Crippen molar-refractivity contribution in [1.29, 1.82) is 0 Å². The first kappa shape index (κ1) is 115. The molecule has 0 saturated carbocycles. The van der Waals surface area contributed by atoms with Crippen molar-refractivity contribution in [2.75, 3.05) is 253 Å². The maximum atomic E-state index is 13.1. The summed E-state index contributed by atoms with van der Waals surface area (Å²) in [7, 11) is -28.1. The van der Waals surface area contributed by atoms with Gasteiger partial charge in [0.2, 0.25) is 0 Å². The Morgan fingerprint density at radius 1 is 0.364 bits per heavy atom. The van der Waals surface area contributed by atoms with Crippen LogP contribution in [0, 0.1) is 0 Å². The van der Waals surface area contributed by atoms with Crippen molar-refractivity contribution in [1.82, 2.24) is 58.8 Å². The van der Waals surface area contributed by atoms with Crippen LogP contribution in [0.5, 0.6) is 5.75 Å². The Labute approximate surface area is 741 Å². The monoisotopic (exact) mass is 1960 g/mol. The second-order valence-electron chi connectivity index (χ2n) is 30.1. The van der Waals surface area contributed by atoms with Crippen LogP contribution in [0.3, 0.4) is 0 Å². The minimum atomic E-state index is -4.80. The molecule has 660 valence electrons. The molecule has 45 heteroatoms. The molecule has 1 N–H and O–H groups in total. The molecule has 0 aliphatic carbocycles. The van der Waals surface area contributed by atoms with Crippen LogP contribution in [-0.4, -0.2) is 362 Å². The molecule has 8 rings (SSSR count). The molecule has 4 aliphatic rings. The summed E-state index contributed by atoms with van der Waals surface area (Å²) < 4.78 is 101. The number of rotatable bonds is 31. The Hall–Kier alpha value is -0.882. The first-order valence-electron chi connectivity index (χ1n) is 38.5. The number of para-hydroxylation sites is 1. The standard InChI is InChI=1S/C27H36N3O6P3.C21H34N3O4.C15H31N3O4S.C10H26N3O8P3.4Fe/c31-37(32,25-10-4-1-5-11-25)22-28-16-18-29(23-38(33,34)26-12-6-2-7-13-26)20-21-30(19-17-28)24-39(35,36)27-14-8-3-9-15-27;1-18(25)14-22-8-9-23(15-19(2)26)11-13-24(12-10-22)16-20(27)17-28-21-6-4-3-5-7-21;1-14(19)12-17-6-4-16(10-11-23(3,21)22)5-7-18(9-8-17)13-15(2)20;1-22(14,15)8-11-2-4-12(9-23(16,17)18)6-7-13(5-3-11)10-24(19,20)21;;;;/h1-15H,16-24H2,(H,31,32)(H,33,34)(H,35,36);3-7,18-20H,8-17H2,1-2H3;14-15H,3-13H2,1-2H3,(H,21,22);2-10H2,1H3,(H,14,15)(H2,16,17,18)(H2,19,20,21);;;;/q;-3;-2;;4*+6/p-8/t;18-,19-,20+;14-,15-;;;;;/m.00...../s1. The van der Waals surface area contributed by atoms with Gasteiger partial charge in [0, 0.05) is 208 Å². The maximum absolute atomic E-state index is 13.1.